The van der Waals surface area contributed by atoms with E-state index in [1.165, 1.54) is 6.33 Å². The van der Waals surface area contributed by atoms with Crippen LogP contribution in [0.5, 0.6) is 11.6 Å². The molecule has 2 fully saturated rings. The van der Waals surface area contributed by atoms with E-state index in [9.17, 15) is 13.2 Å². The molecular weight excluding hydrogens is 513 g/mol. The van der Waals surface area contributed by atoms with Gasteiger partial charge in [0.15, 0.2) is 16.6 Å². The predicted molar refractivity (Wildman–Crippen MR) is 139 cm³/mol. The van der Waals surface area contributed by atoms with Crippen LogP contribution in [0.15, 0.2) is 48.9 Å². The van der Waals surface area contributed by atoms with Crippen molar-refractivity contribution in [3.8, 4) is 22.3 Å². The molecule has 0 bridgehead atoms. The first-order valence-electron chi connectivity index (χ1n) is 12.8. The van der Waals surface area contributed by atoms with Crippen molar-refractivity contribution in [2.24, 2.45) is 5.92 Å². The normalized spacial score (nSPS) is 16.4. The SMILES string of the molecule is CCCC1(c2ccccc2Oc2ncccc2Nc2nc(C(F)(F)F)c(-c3ncnn3CC3CC3)s2)CC1. The molecule has 3 heterocycles. The van der Waals surface area contributed by atoms with E-state index < -0.39 is 11.9 Å². The Morgan fingerprint density at radius 2 is 1.95 bits per heavy atom. The molecule has 0 atom stereocenters. The Morgan fingerprint density at radius 3 is 2.68 bits per heavy atom. The topological polar surface area (TPSA) is 77.8 Å². The predicted octanol–water partition coefficient (Wildman–Crippen LogP) is 7.59. The Balaban J connectivity index is 1.31. The summed E-state index contributed by atoms with van der Waals surface area (Å²) in [6.07, 6.45) is 4.72. The van der Waals surface area contributed by atoms with Crippen molar-refractivity contribution in [1.29, 1.82) is 0 Å². The quantitative estimate of drug-likeness (QED) is 0.223. The van der Waals surface area contributed by atoms with E-state index in [2.05, 4.69) is 38.4 Å². The van der Waals surface area contributed by atoms with Crippen LogP contribution in [0.4, 0.5) is 24.0 Å². The molecule has 11 heteroatoms. The molecule has 0 unspecified atom stereocenters. The number of benzene rings is 1. The molecule has 0 saturated heterocycles. The third-order valence-electron chi connectivity index (χ3n) is 7.10. The second-order valence-corrected chi connectivity index (χ2v) is 11.0. The maximum atomic E-state index is 14.0. The summed E-state index contributed by atoms with van der Waals surface area (Å²) in [7, 11) is 0. The average Bonchev–Trinajstić information content (AvgIpc) is 3.77. The molecule has 2 aliphatic rings. The van der Waals surface area contributed by atoms with Gasteiger partial charge in [0.25, 0.3) is 0 Å². The van der Waals surface area contributed by atoms with Crippen molar-refractivity contribution in [1.82, 2.24) is 24.7 Å². The zero-order valence-electron chi connectivity index (χ0n) is 20.8. The first-order valence-corrected chi connectivity index (χ1v) is 13.6. The highest BCUT2D eigenvalue weighted by atomic mass is 32.1. The van der Waals surface area contributed by atoms with Crippen molar-refractivity contribution < 1.29 is 17.9 Å². The molecule has 1 aromatic carbocycles. The molecule has 0 amide bonds. The Labute approximate surface area is 222 Å². The van der Waals surface area contributed by atoms with E-state index in [0.717, 1.165) is 55.4 Å². The highest BCUT2D eigenvalue weighted by Crippen LogP contribution is 2.55. The number of nitrogens with zero attached hydrogens (tertiary/aromatic N) is 5. The van der Waals surface area contributed by atoms with Gasteiger partial charge in [-0.05, 0) is 61.6 Å². The fraction of sp³-hybridized carbons (Fsp3) is 0.407. The van der Waals surface area contributed by atoms with Crippen LogP contribution in [0.2, 0.25) is 0 Å². The van der Waals surface area contributed by atoms with Crippen LogP contribution in [0.1, 0.15) is 56.7 Å². The van der Waals surface area contributed by atoms with Crippen molar-refractivity contribution >= 4 is 22.2 Å². The summed E-state index contributed by atoms with van der Waals surface area (Å²) in [6.45, 7) is 2.73. The van der Waals surface area contributed by atoms with E-state index in [1.807, 2.05) is 18.2 Å². The number of thiazole rings is 1. The molecule has 7 nitrogen and oxygen atoms in total. The molecule has 1 N–H and O–H groups in total. The lowest BCUT2D eigenvalue weighted by Gasteiger charge is -2.19. The Morgan fingerprint density at radius 1 is 1.13 bits per heavy atom. The lowest BCUT2D eigenvalue weighted by atomic mass is 9.90. The van der Waals surface area contributed by atoms with Gasteiger partial charge in [-0.1, -0.05) is 42.9 Å². The first-order chi connectivity index (χ1) is 18.4. The lowest BCUT2D eigenvalue weighted by molar-refractivity contribution is -0.140. The maximum Gasteiger partial charge on any atom is 0.435 e. The highest BCUT2D eigenvalue weighted by Gasteiger charge is 2.45. The van der Waals surface area contributed by atoms with E-state index >= 15 is 0 Å². The summed E-state index contributed by atoms with van der Waals surface area (Å²) in [5.74, 6) is 1.59. The number of halogens is 3. The number of aromatic nitrogens is 5. The molecule has 38 heavy (non-hydrogen) atoms. The van der Waals surface area contributed by atoms with Crippen LogP contribution in [0, 0.1) is 5.92 Å². The van der Waals surface area contributed by atoms with Crippen LogP contribution < -0.4 is 10.1 Å². The Hall–Kier alpha value is -3.47. The minimum absolute atomic E-state index is 0.0647. The summed E-state index contributed by atoms with van der Waals surface area (Å²) in [4.78, 5) is 12.4. The molecule has 0 spiro atoms. The molecular formula is C27H27F3N6OS. The van der Waals surface area contributed by atoms with E-state index in [-0.39, 0.29) is 27.1 Å². The standard InChI is InChI=1S/C27H27F3N6OS/c1-2-11-26(12-13-26)18-6-3-4-8-20(18)37-24-19(7-5-14-31-24)34-25-35-22(27(28,29)30)21(38-25)23-32-16-33-36(23)15-17-9-10-17/h3-8,14,16-17H,2,9-13,15H2,1H3,(H,34,35). The van der Waals surface area contributed by atoms with Gasteiger partial charge < -0.3 is 10.1 Å². The highest BCUT2D eigenvalue weighted by molar-refractivity contribution is 7.19. The Kier molecular flexibility index (Phi) is 6.33. The van der Waals surface area contributed by atoms with Crippen LogP contribution >= 0.6 is 11.3 Å². The fourth-order valence-electron chi connectivity index (χ4n) is 4.90. The molecule has 198 valence electrons. The van der Waals surface area contributed by atoms with Crippen LogP contribution in [0.3, 0.4) is 0 Å². The third kappa shape index (κ3) is 4.99. The summed E-state index contributed by atoms with van der Waals surface area (Å²) < 4.78 is 49.9. The summed E-state index contributed by atoms with van der Waals surface area (Å²) in [6, 6.07) is 11.3. The number of ether oxygens (including phenoxy) is 1. The van der Waals surface area contributed by atoms with Gasteiger partial charge in [-0.25, -0.2) is 19.6 Å². The van der Waals surface area contributed by atoms with E-state index in [4.69, 9.17) is 4.74 Å². The van der Waals surface area contributed by atoms with Gasteiger partial charge in [-0.15, -0.1) is 0 Å². The van der Waals surface area contributed by atoms with Crippen LogP contribution in [-0.2, 0) is 18.1 Å². The third-order valence-corrected chi connectivity index (χ3v) is 8.07. The molecule has 4 aromatic rings. The van der Waals surface area contributed by atoms with Crippen molar-refractivity contribution in [2.75, 3.05) is 5.32 Å². The summed E-state index contributed by atoms with van der Waals surface area (Å²) in [5, 5.41) is 7.26. The van der Waals surface area contributed by atoms with Crippen LogP contribution in [-0.4, -0.2) is 24.7 Å². The number of rotatable bonds is 10. The largest absolute Gasteiger partial charge is 0.437 e. The van der Waals surface area contributed by atoms with Gasteiger partial charge in [-0.2, -0.15) is 18.3 Å². The molecule has 6 rings (SSSR count). The van der Waals surface area contributed by atoms with Gasteiger partial charge in [0.1, 0.15) is 22.6 Å². The van der Waals surface area contributed by atoms with Gasteiger partial charge in [0.05, 0.1) is 0 Å². The van der Waals surface area contributed by atoms with E-state index in [1.54, 1.807) is 23.0 Å². The number of para-hydroxylation sites is 1. The number of alkyl halides is 3. The molecule has 0 aliphatic heterocycles. The molecule has 0 radical (unpaired) electrons. The van der Waals surface area contributed by atoms with Crippen molar-refractivity contribution in [3.63, 3.8) is 0 Å². The number of nitrogens with one attached hydrogen (secondary N) is 1. The minimum Gasteiger partial charge on any atom is -0.437 e. The van der Waals surface area contributed by atoms with Crippen molar-refractivity contribution in [2.45, 2.75) is 63.6 Å². The van der Waals surface area contributed by atoms with Gasteiger partial charge >= 0.3 is 6.18 Å². The number of hydrogen-bond donors (Lipinski definition) is 1. The minimum atomic E-state index is -4.65. The monoisotopic (exact) mass is 540 g/mol. The molecule has 2 saturated carbocycles. The summed E-state index contributed by atoms with van der Waals surface area (Å²) >= 11 is 0.891. The smallest absolute Gasteiger partial charge is 0.435 e. The fourth-order valence-corrected chi connectivity index (χ4v) is 5.90. The maximum absolute atomic E-state index is 14.0. The van der Waals surface area contributed by atoms with Crippen LogP contribution in [0.25, 0.3) is 10.7 Å². The number of anilines is 2. The van der Waals surface area contributed by atoms with E-state index in [0.29, 0.717) is 23.9 Å². The van der Waals surface area contributed by atoms with Gasteiger partial charge in [0.2, 0.25) is 5.88 Å². The molecule has 3 aromatic heterocycles. The first kappa shape index (κ1) is 24.8. The number of hydrogen-bond acceptors (Lipinski definition) is 7. The number of pyridine rings is 1. The summed E-state index contributed by atoms with van der Waals surface area (Å²) in [5.41, 5.74) is 0.707. The van der Waals surface area contributed by atoms with Gasteiger partial charge in [0, 0.05) is 18.3 Å². The lowest BCUT2D eigenvalue weighted by Crippen LogP contribution is -2.10. The second-order valence-electron chi connectivity index (χ2n) is 10.0. The Bertz CT molecular complexity index is 1440. The average molecular weight is 541 g/mol. The zero-order valence-corrected chi connectivity index (χ0v) is 21.6. The van der Waals surface area contributed by atoms with Gasteiger partial charge in [-0.3, -0.25) is 0 Å². The zero-order chi connectivity index (χ0) is 26.3. The van der Waals surface area contributed by atoms with Crippen molar-refractivity contribution in [3.05, 3.63) is 60.2 Å². The molecule has 2 aliphatic carbocycles. The second kappa shape index (κ2) is 9.68.